The lowest BCUT2D eigenvalue weighted by atomic mass is 10.1. The number of allylic oxidation sites excluding steroid dienone is 2. The number of aromatic nitrogens is 3. The Morgan fingerprint density at radius 3 is 3.00 bits per heavy atom. The molecule has 0 atom stereocenters. The Kier molecular flexibility index (Phi) is 3.60. The predicted molar refractivity (Wildman–Crippen MR) is 82.8 cm³/mol. The third kappa shape index (κ3) is 2.89. The Morgan fingerprint density at radius 1 is 1.33 bits per heavy atom. The van der Waals surface area contributed by atoms with Gasteiger partial charge in [-0.3, -0.25) is 9.78 Å². The first-order valence-corrected chi connectivity index (χ1v) is 6.78. The van der Waals surface area contributed by atoms with Gasteiger partial charge in [-0.1, -0.05) is 12.1 Å². The molecule has 0 saturated heterocycles. The summed E-state index contributed by atoms with van der Waals surface area (Å²) in [4.78, 5) is 22.9. The van der Waals surface area contributed by atoms with Crippen LogP contribution < -0.4 is 0 Å². The molecular formula is C17H15N3O. The van der Waals surface area contributed by atoms with Crippen molar-refractivity contribution in [3.05, 3.63) is 60.6 Å². The minimum atomic E-state index is 0.0575. The van der Waals surface area contributed by atoms with Gasteiger partial charge in [0.05, 0.1) is 5.69 Å². The van der Waals surface area contributed by atoms with E-state index in [0.29, 0.717) is 6.42 Å². The first-order valence-electron chi connectivity index (χ1n) is 6.78. The topological polar surface area (TPSA) is 58.6 Å². The lowest BCUT2D eigenvalue weighted by molar-refractivity contribution is -0.112. The molecule has 0 spiro atoms. The first kappa shape index (κ1) is 13.2. The van der Waals surface area contributed by atoms with Crippen LogP contribution in [0.25, 0.3) is 22.3 Å². The second-order valence-corrected chi connectivity index (χ2v) is 4.87. The molecule has 0 fully saturated rings. The smallest absolute Gasteiger partial charge is 0.152 e. The van der Waals surface area contributed by atoms with Crippen LogP contribution in [0.3, 0.4) is 0 Å². The van der Waals surface area contributed by atoms with Gasteiger partial charge in [-0.15, -0.1) is 0 Å². The Morgan fingerprint density at radius 2 is 2.24 bits per heavy atom. The molecule has 104 valence electrons. The molecule has 0 aromatic carbocycles. The summed E-state index contributed by atoms with van der Waals surface area (Å²) in [6, 6.07) is 7.90. The molecule has 3 heterocycles. The zero-order valence-corrected chi connectivity index (χ0v) is 11.7. The second-order valence-electron chi connectivity index (χ2n) is 4.87. The molecule has 0 saturated carbocycles. The molecule has 0 radical (unpaired) electrons. The van der Waals surface area contributed by atoms with Crippen LogP contribution in [0.15, 0.2) is 55.0 Å². The van der Waals surface area contributed by atoms with Gasteiger partial charge in [0.2, 0.25) is 0 Å². The molecule has 0 unspecified atom stereocenters. The highest BCUT2D eigenvalue weighted by molar-refractivity contribution is 5.87. The maximum absolute atomic E-state index is 11.0. The molecule has 0 aliphatic carbocycles. The Bertz CT molecular complexity index is 803. The number of pyridine rings is 2. The number of nitrogens with one attached hydrogen (secondary N) is 1. The summed E-state index contributed by atoms with van der Waals surface area (Å²) in [6.07, 6.45) is 9.69. The van der Waals surface area contributed by atoms with E-state index in [1.54, 1.807) is 19.2 Å². The van der Waals surface area contributed by atoms with Gasteiger partial charge in [0.1, 0.15) is 5.65 Å². The molecule has 1 N–H and O–H groups in total. The molecule has 3 rings (SSSR count). The summed E-state index contributed by atoms with van der Waals surface area (Å²) in [5, 5.41) is 1.06. The summed E-state index contributed by atoms with van der Waals surface area (Å²) in [5.41, 5.74) is 3.85. The van der Waals surface area contributed by atoms with Gasteiger partial charge in [0.25, 0.3) is 0 Å². The van der Waals surface area contributed by atoms with Crippen molar-refractivity contribution in [2.45, 2.75) is 13.3 Å². The van der Waals surface area contributed by atoms with Gasteiger partial charge < -0.3 is 4.98 Å². The maximum Gasteiger partial charge on any atom is 0.152 e. The van der Waals surface area contributed by atoms with E-state index in [9.17, 15) is 4.79 Å². The normalized spacial score (nSPS) is 11.3. The quantitative estimate of drug-likeness (QED) is 0.744. The zero-order chi connectivity index (χ0) is 14.7. The largest absolute Gasteiger partial charge is 0.346 e. The highest BCUT2D eigenvalue weighted by atomic mass is 16.1. The third-order valence-corrected chi connectivity index (χ3v) is 3.27. The maximum atomic E-state index is 11.0. The molecule has 0 aliphatic heterocycles. The zero-order valence-electron chi connectivity index (χ0n) is 11.7. The molecule has 21 heavy (non-hydrogen) atoms. The number of H-pyrrole nitrogens is 1. The van der Waals surface area contributed by atoms with Gasteiger partial charge in [0, 0.05) is 29.5 Å². The van der Waals surface area contributed by atoms with Crippen molar-refractivity contribution >= 4 is 16.8 Å². The SMILES string of the molecule is CC(=O)/C=C/Cc1c[nH]c2ncc(-c3ccccn3)cc12. The van der Waals surface area contributed by atoms with Crippen molar-refractivity contribution in [1.82, 2.24) is 15.0 Å². The number of ketones is 1. The molecule has 4 nitrogen and oxygen atoms in total. The number of aromatic amines is 1. The molecule has 3 aromatic heterocycles. The number of rotatable bonds is 4. The average molecular weight is 277 g/mol. The summed E-state index contributed by atoms with van der Waals surface area (Å²) in [7, 11) is 0. The monoisotopic (exact) mass is 277 g/mol. The number of nitrogens with zero attached hydrogens (tertiary/aromatic N) is 2. The van der Waals surface area contributed by atoms with Gasteiger partial charge in [0.15, 0.2) is 5.78 Å². The van der Waals surface area contributed by atoms with Crippen LogP contribution >= 0.6 is 0 Å². The van der Waals surface area contributed by atoms with E-state index in [2.05, 4.69) is 21.0 Å². The van der Waals surface area contributed by atoms with Crippen LogP contribution in [0, 0.1) is 0 Å². The summed E-state index contributed by atoms with van der Waals surface area (Å²) in [6.45, 7) is 1.55. The minimum absolute atomic E-state index is 0.0575. The van der Waals surface area contributed by atoms with Crippen LogP contribution in [0.1, 0.15) is 12.5 Å². The van der Waals surface area contributed by atoms with Crippen LogP contribution in [-0.4, -0.2) is 20.7 Å². The average Bonchev–Trinajstić information content (AvgIpc) is 2.90. The minimum Gasteiger partial charge on any atom is -0.346 e. The van der Waals surface area contributed by atoms with E-state index in [0.717, 1.165) is 27.9 Å². The van der Waals surface area contributed by atoms with Gasteiger partial charge in [-0.05, 0) is 43.2 Å². The van der Waals surface area contributed by atoms with Crippen molar-refractivity contribution in [3.8, 4) is 11.3 Å². The van der Waals surface area contributed by atoms with Crippen molar-refractivity contribution < 1.29 is 4.79 Å². The van der Waals surface area contributed by atoms with Gasteiger partial charge >= 0.3 is 0 Å². The van der Waals surface area contributed by atoms with Gasteiger partial charge in [-0.25, -0.2) is 4.98 Å². The highest BCUT2D eigenvalue weighted by Gasteiger charge is 2.06. The van der Waals surface area contributed by atoms with Crippen molar-refractivity contribution in [2.24, 2.45) is 0 Å². The summed E-state index contributed by atoms with van der Waals surface area (Å²) >= 11 is 0. The fourth-order valence-corrected chi connectivity index (χ4v) is 2.25. The molecular weight excluding hydrogens is 262 g/mol. The third-order valence-electron chi connectivity index (χ3n) is 3.27. The standard InChI is InChI=1S/C17H15N3O/c1-12(21)5-4-6-13-10-19-17-15(13)9-14(11-20-17)16-7-2-3-8-18-16/h2-5,7-11H,6H2,1H3,(H,19,20)/b5-4+. The highest BCUT2D eigenvalue weighted by Crippen LogP contribution is 2.23. The Labute approximate surface area is 122 Å². The lowest BCUT2D eigenvalue weighted by Gasteiger charge is -2.01. The lowest BCUT2D eigenvalue weighted by Crippen LogP contribution is -1.86. The summed E-state index contributed by atoms with van der Waals surface area (Å²) < 4.78 is 0. The van der Waals surface area contributed by atoms with E-state index in [1.807, 2.05) is 36.7 Å². The fourth-order valence-electron chi connectivity index (χ4n) is 2.25. The second kappa shape index (κ2) is 5.71. The number of carbonyl (C=O) groups excluding carboxylic acids is 1. The van der Waals surface area contributed by atoms with Gasteiger partial charge in [-0.2, -0.15) is 0 Å². The first-order chi connectivity index (χ1) is 10.2. The predicted octanol–water partition coefficient (Wildman–Crippen LogP) is 3.31. The van der Waals surface area contributed by atoms with E-state index in [-0.39, 0.29) is 5.78 Å². The van der Waals surface area contributed by atoms with Crippen LogP contribution in [-0.2, 0) is 11.2 Å². The Hall–Kier alpha value is -2.75. The number of hydrogen-bond donors (Lipinski definition) is 1. The molecule has 3 aromatic rings. The van der Waals surface area contributed by atoms with Crippen LogP contribution in [0.5, 0.6) is 0 Å². The van der Waals surface area contributed by atoms with Crippen molar-refractivity contribution in [2.75, 3.05) is 0 Å². The van der Waals surface area contributed by atoms with E-state index in [1.165, 1.54) is 0 Å². The van der Waals surface area contributed by atoms with E-state index in [4.69, 9.17) is 0 Å². The van der Waals surface area contributed by atoms with Crippen molar-refractivity contribution in [1.29, 1.82) is 0 Å². The summed E-state index contributed by atoms with van der Waals surface area (Å²) in [5.74, 6) is 0.0575. The van der Waals surface area contributed by atoms with E-state index < -0.39 is 0 Å². The Balaban J connectivity index is 1.98. The molecule has 0 aliphatic rings. The molecule has 0 bridgehead atoms. The number of carbonyl (C=O) groups is 1. The van der Waals surface area contributed by atoms with Crippen molar-refractivity contribution in [3.63, 3.8) is 0 Å². The molecule has 0 amide bonds. The number of hydrogen-bond acceptors (Lipinski definition) is 3. The number of fused-ring (bicyclic) bond motifs is 1. The molecule has 4 heteroatoms. The van der Waals surface area contributed by atoms with E-state index >= 15 is 0 Å². The fraction of sp³-hybridized carbons (Fsp3) is 0.118. The van der Waals surface area contributed by atoms with Crippen LogP contribution in [0.2, 0.25) is 0 Å². The van der Waals surface area contributed by atoms with Crippen LogP contribution in [0.4, 0.5) is 0 Å².